The van der Waals surface area contributed by atoms with Gasteiger partial charge in [0.1, 0.15) is 10.6 Å². The second kappa shape index (κ2) is 6.93. The van der Waals surface area contributed by atoms with Gasteiger partial charge in [-0.1, -0.05) is 0 Å². The summed E-state index contributed by atoms with van der Waals surface area (Å²) in [5.41, 5.74) is -0.189. The molecule has 1 unspecified atom stereocenters. The van der Waals surface area contributed by atoms with E-state index in [1.54, 1.807) is 0 Å². The van der Waals surface area contributed by atoms with E-state index in [-0.39, 0.29) is 17.9 Å². The number of fused-ring (bicyclic) bond motifs is 1. The van der Waals surface area contributed by atoms with Gasteiger partial charge >= 0.3 is 0 Å². The van der Waals surface area contributed by atoms with E-state index in [1.165, 1.54) is 6.07 Å². The quantitative estimate of drug-likeness (QED) is 0.710. The monoisotopic (exact) mass is 359 g/mol. The van der Waals surface area contributed by atoms with E-state index in [2.05, 4.69) is 10.3 Å². The number of ether oxygens (including phenoxy) is 1. The molecule has 1 aromatic carbocycles. The molecule has 0 saturated carbocycles. The molecule has 1 aliphatic rings. The van der Waals surface area contributed by atoms with Crippen molar-refractivity contribution in [3.8, 4) is 0 Å². The molecule has 0 aliphatic carbocycles. The summed E-state index contributed by atoms with van der Waals surface area (Å²) in [5, 5.41) is 2.20. The van der Waals surface area contributed by atoms with Gasteiger partial charge in [0.15, 0.2) is 22.7 Å². The average molecular weight is 359 g/mol. The molecule has 7 nitrogen and oxygen atoms in total. The summed E-state index contributed by atoms with van der Waals surface area (Å²) in [6, 6.07) is 2.09. The highest BCUT2D eigenvalue weighted by Gasteiger charge is 2.25. The van der Waals surface area contributed by atoms with Crippen molar-refractivity contribution in [3.63, 3.8) is 0 Å². The molecule has 3 rings (SSSR count). The van der Waals surface area contributed by atoms with Gasteiger partial charge in [-0.3, -0.25) is 9.69 Å². The zero-order valence-electron chi connectivity index (χ0n) is 12.5. The highest BCUT2D eigenvalue weighted by atomic mass is 32.2. The molecule has 1 saturated heterocycles. The van der Waals surface area contributed by atoms with E-state index in [1.807, 2.05) is 4.90 Å². The maximum atomic E-state index is 14.0. The van der Waals surface area contributed by atoms with Gasteiger partial charge in [0.25, 0.3) is 5.91 Å². The number of carbonyl (C=O) groups excluding carboxylic acids is 1. The van der Waals surface area contributed by atoms with Crippen LogP contribution < -0.4 is 5.32 Å². The van der Waals surface area contributed by atoms with Gasteiger partial charge in [-0.05, 0) is 12.1 Å². The first-order chi connectivity index (χ1) is 11.5. The van der Waals surface area contributed by atoms with Crippen LogP contribution in [0.5, 0.6) is 0 Å². The van der Waals surface area contributed by atoms with Crippen LogP contribution in [-0.2, 0) is 15.8 Å². The lowest BCUT2D eigenvalue weighted by Gasteiger charge is -2.26. The molecule has 24 heavy (non-hydrogen) atoms. The van der Waals surface area contributed by atoms with Gasteiger partial charge < -0.3 is 19.6 Å². The summed E-state index contributed by atoms with van der Waals surface area (Å²) < 4.78 is 53.6. The minimum absolute atomic E-state index is 0.0721. The van der Waals surface area contributed by atoms with Gasteiger partial charge in [-0.2, -0.15) is 0 Å². The molecule has 2 heterocycles. The number of amides is 1. The maximum Gasteiger partial charge on any atom is 0.270 e. The number of benzene rings is 1. The minimum Gasteiger partial charge on any atom is -0.379 e. The Kier molecular flexibility index (Phi) is 4.90. The summed E-state index contributed by atoms with van der Waals surface area (Å²) in [5.74, 6) is -3.10. The second-order valence-electron chi connectivity index (χ2n) is 5.26. The minimum atomic E-state index is -2.66. The molecule has 1 fully saturated rings. The number of morpholine rings is 1. The third-order valence-electron chi connectivity index (χ3n) is 3.78. The van der Waals surface area contributed by atoms with Crippen molar-refractivity contribution in [2.75, 3.05) is 33.0 Å². The molecule has 0 radical (unpaired) electrons. The van der Waals surface area contributed by atoms with Gasteiger partial charge in [0.05, 0.1) is 30.8 Å². The highest BCUT2D eigenvalue weighted by Crippen LogP contribution is 2.29. The van der Waals surface area contributed by atoms with E-state index >= 15 is 0 Å². The van der Waals surface area contributed by atoms with Crippen LogP contribution in [0.15, 0.2) is 17.0 Å². The number of rotatable bonds is 4. The number of nitrogens with zero attached hydrogens (tertiary/aromatic N) is 1. The summed E-state index contributed by atoms with van der Waals surface area (Å²) in [6.07, 6.45) is 0. The number of hydrogen-bond acceptors (Lipinski definition) is 4. The highest BCUT2D eigenvalue weighted by molar-refractivity contribution is 7.79. The molecular formula is C14H15F2N3O4S. The normalized spacial score (nSPS) is 17.1. The lowest BCUT2D eigenvalue weighted by molar-refractivity contribution is 0.0334. The summed E-state index contributed by atoms with van der Waals surface area (Å²) in [7, 11) is 0. The van der Waals surface area contributed by atoms with Crippen LogP contribution in [0.3, 0.4) is 0 Å². The van der Waals surface area contributed by atoms with E-state index in [0.29, 0.717) is 26.3 Å². The van der Waals surface area contributed by atoms with Crippen molar-refractivity contribution in [1.29, 1.82) is 0 Å². The zero-order chi connectivity index (χ0) is 17.3. The van der Waals surface area contributed by atoms with Gasteiger partial charge in [0, 0.05) is 13.1 Å². The lowest BCUT2D eigenvalue weighted by Crippen LogP contribution is -2.44. The number of nitrogens with one attached hydrogen (secondary N) is 2. The van der Waals surface area contributed by atoms with Crippen molar-refractivity contribution in [2.45, 2.75) is 4.90 Å². The predicted molar refractivity (Wildman–Crippen MR) is 82.0 cm³/mol. The molecule has 0 bridgehead atoms. The van der Waals surface area contributed by atoms with Crippen LogP contribution in [-0.4, -0.2) is 57.5 Å². The Morgan fingerprint density at radius 2 is 2.08 bits per heavy atom. The number of H-pyrrole nitrogens is 1. The van der Waals surface area contributed by atoms with Crippen LogP contribution in [0.25, 0.3) is 10.9 Å². The molecule has 10 heteroatoms. The van der Waals surface area contributed by atoms with Crippen LogP contribution in [0.1, 0.15) is 10.5 Å². The van der Waals surface area contributed by atoms with E-state index in [9.17, 15) is 22.3 Å². The lowest BCUT2D eigenvalue weighted by atomic mass is 10.2. The fourth-order valence-electron chi connectivity index (χ4n) is 2.56. The fourth-order valence-corrected chi connectivity index (χ4v) is 3.25. The van der Waals surface area contributed by atoms with Crippen molar-refractivity contribution in [3.05, 3.63) is 29.5 Å². The number of aromatic amines is 1. The van der Waals surface area contributed by atoms with Gasteiger partial charge in [0.2, 0.25) is 0 Å². The van der Waals surface area contributed by atoms with Gasteiger partial charge in [-0.25, -0.2) is 13.0 Å². The van der Waals surface area contributed by atoms with Crippen LogP contribution in [0.2, 0.25) is 0 Å². The van der Waals surface area contributed by atoms with Crippen LogP contribution in [0.4, 0.5) is 8.78 Å². The Bertz CT molecular complexity index is 805. The van der Waals surface area contributed by atoms with Crippen LogP contribution >= 0.6 is 0 Å². The Morgan fingerprint density at radius 1 is 1.38 bits per heavy atom. The summed E-state index contributed by atoms with van der Waals surface area (Å²) >= 11 is -2.66. The third-order valence-corrected chi connectivity index (χ3v) is 4.53. The predicted octanol–water partition coefficient (Wildman–Crippen LogP) is 1.05. The molecule has 1 atom stereocenters. The maximum absolute atomic E-state index is 14.0. The van der Waals surface area contributed by atoms with Crippen molar-refractivity contribution >= 4 is 27.9 Å². The smallest absolute Gasteiger partial charge is 0.270 e. The van der Waals surface area contributed by atoms with E-state index < -0.39 is 38.9 Å². The van der Waals surface area contributed by atoms with E-state index in [4.69, 9.17) is 4.74 Å². The zero-order valence-corrected chi connectivity index (χ0v) is 13.3. The molecule has 2 aromatic rings. The average Bonchev–Trinajstić information content (AvgIpc) is 2.97. The van der Waals surface area contributed by atoms with Crippen molar-refractivity contribution in [1.82, 2.24) is 15.2 Å². The molecule has 1 aromatic heterocycles. The molecule has 1 aliphatic heterocycles. The second-order valence-corrected chi connectivity index (χ2v) is 6.16. The Labute approximate surface area is 138 Å². The fraction of sp³-hybridized carbons (Fsp3) is 0.357. The van der Waals surface area contributed by atoms with Gasteiger partial charge in [-0.15, -0.1) is 0 Å². The number of hydrogen-bond donors (Lipinski definition) is 3. The third kappa shape index (κ3) is 3.18. The number of aromatic nitrogens is 1. The molecule has 130 valence electrons. The van der Waals surface area contributed by atoms with E-state index in [0.717, 1.165) is 6.07 Å². The first-order valence-electron chi connectivity index (χ1n) is 7.18. The topological polar surface area (TPSA) is 94.7 Å². The summed E-state index contributed by atoms with van der Waals surface area (Å²) in [6.45, 7) is 2.61. The molecular weight excluding hydrogens is 344 g/mol. The largest absolute Gasteiger partial charge is 0.379 e. The van der Waals surface area contributed by atoms with Crippen LogP contribution in [0, 0.1) is 11.6 Å². The summed E-state index contributed by atoms with van der Waals surface area (Å²) in [4.78, 5) is 16.4. The number of carbonyl (C=O) groups is 1. The Balaban J connectivity index is 1.90. The van der Waals surface area contributed by atoms with Crippen molar-refractivity contribution < 1.29 is 27.1 Å². The SMILES string of the molecule is O=C(NCN1CCOCC1)c1[nH]c2ccc(F)c(F)c2c1S(=O)O. The van der Waals surface area contributed by atoms with Crippen molar-refractivity contribution in [2.24, 2.45) is 0 Å². The molecule has 1 amide bonds. The molecule has 0 spiro atoms. The Hall–Kier alpha value is -1.88. The first-order valence-corrected chi connectivity index (χ1v) is 8.28. The standard InChI is InChI=1S/C14H15F2N3O4S/c15-8-1-2-9-10(11(8)16)13(24(21)22)12(18-9)14(20)17-7-19-3-5-23-6-4-19/h1-2,18H,3-7H2,(H,17,20)(H,21,22). The first kappa shape index (κ1) is 17.0. The number of halogens is 2. The Morgan fingerprint density at radius 3 is 2.75 bits per heavy atom. The molecule has 3 N–H and O–H groups in total.